The third-order valence-electron chi connectivity index (χ3n) is 3.44. The Kier molecular flexibility index (Phi) is 6.54. The summed E-state index contributed by atoms with van der Waals surface area (Å²) < 4.78 is 5.36. The monoisotopic (exact) mass is 357 g/mol. The molecule has 2 aromatic carbocycles. The Balaban J connectivity index is 2.26. The second-order valence-electron chi connectivity index (χ2n) is 5.17. The Morgan fingerprint density at radius 2 is 1.63 bits per heavy atom. The number of allylic oxidation sites excluding steroid dienone is 2. The second kappa shape index (κ2) is 9.27. The van der Waals surface area contributed by atoms with Gasteiger partial charge in [0.25, 0.3) is 5.91 Å². The highest BCUT2D eigenvalue weighted by molar-refractivity contribution is 6.08. The maximum atomic E-state index is 12.6. The molecule has 2 aromatic rings. The van der Waals surface area contributed by atoms with Crippen molar-refractivity contribution in [2.75, 3.05) is 17.2 Å². The van der Waals surface area contributed by atoms with Crippen LogP contribution in [0.1, 0.15) is 17.3 Å². The molecule has 0 atom stereocenters. The van der Waals surface area contributed by atoms with Gasteiger partial charge in [-0.3, -0.25) is 4.79 Å². The van der Waals surface area contributed by atoms with E-state index in [1.54, 1.807) is 66.7 Å². The van der Waals surface area contributed by atoms with Crippen LogP contribution in [0.5, 0.6) is 5.75 Å². The third kappa shape index (κ3) is 4.85. The summed E-state index contributed by atoms with van der Waals surface area (Å²) in [5.74, 6) is 0.289. The molecule has 7 heteroatoms. The summed E-state index contributed by atoms with van der Waals surface area (Å²) in [6.45, 7) is 2.43. The van der Waals surface area contributed by atoms with E-state index in [9.17, 15) is 4.79 Å². The molecule has 0 aliphatic carbocycles. The molecule has 7 nitrogen and oxygen atoms in total. The van der Waals surface area contributed by atoms with E-state index in [1.807, 2.05) is 6.92 Å². The normalized spacial score (nSPS) is 9.11. The third-order valence-corrected chi connectivity index (χ3v) is 3.44. The minimum Gasteiger partial charge on any atom is -0.494 e. The highest BCUT2D eigenvalue weighted by atomic mass is 16.5. The Hall–Kier alpha value is -4.28. The number of benzene rings is 2. The zero-order chi connectivity index (χ0) is 19.6. The topological polar surface area (TPSA) is 122 Å². The quantitative estimate of drug-likeness (QED) is 0.762. The second-order valence-corrected chi connectivity index (χ2v) is 5.17. The molecule has 1 amide bonds. The molecule has 132 valence electrons. The van der Waals surface area contributed by atoms with Crippen LogP contribution in [0.25, 0.3) is 0 Å². The van der Waals surface area contributed by atoms with Crippen molar-refractivity contribution in [2.24, 2.45) is 0 Å². The Morgan fingerprint density at radius 1 is 0.963 bits per heavy atom. The minimum absolute atomic E-state index is 0.221. The zero-order valence-corrected chi connectivity index (χ0v) is 14.5. The van der Waals surface area contributed by atoms with Gasteiger partial charge < -0.3 is 15.4 Å². The number of carbonyl (C=O) groups is 1. The van der Waals surface area contributed by atoms with E-state index in [0.29, 0.717) is 23.7 Å². The van der Waals surface area contributed by atoms with Gasteiger partial charge in [0.15, 0.2) is 5.57 Å². The molecule has 0 radical (unpaired) electrons. The molecule has 27 heavy (non-hydrogen) atoms. The Morgan fingerprint density at radius 3 is 2.22 bits per heavy atom. The lowest BCUT2D eigenvalue weighted by Gasteiger charge is -2.12. The summed E-state index contributed by atoms with van der Waals surface area (Å²) >= 11 is 0. The van der Waals surface area contributed by atoms with Crippen molar-refractivity contribution in [3.05, 3.63) is 65.4 Å². The van der Waals surface area contributed by atoms with E-state index >= 15 is 0 Å². The van der Waals surface area contributed by atoms with E-state index in [1.165, 1.54) is 0 Å². The first-order valence-electron chi connectivity index (χ1n) is 7.97. The number of carbonyl (C=O) groups excluding carboxylic acids is 1. The van der Waals surface area contributed by atoms with Crippen LogP contribution in [-0.2, 0) is 0 Å². The molecule has 0 spiro atoms. The van der Waals surface area contributed by atoms with Crippen molar-refractivity contribution in [3.8, 4) is 24.0 Å². The van der Waals surface area contributed by atoms with Crippen LogP contribution in [0.4, 0.5) is 11.4 Å². The zero-order valence-electron chi connectivity index (χ0n) is 14.5. The summed E-state index contributed by atoms with van der Waals surface area (Å²) in [6, 6.07) is 18.5. The van der Waals surface area contributed by atoms with Crippen molar-refractivity contribution in [2.45, 2.75) is 6.92 Å². The van der Waals surface area contributed by atoms with Gasteiger partial charge in [0.05, 0.1) is 17.9 Å². The lowest BCUT2D eigenvalue weighted by atomic mass is 10.1. The number of para-hydroxylation sites is 1. The van der Waals surface area contributed by atoms with Gasteiger partial charge in [-0.15, -0.1) is 0 Å². The molecule has 2 N–H and O–H groups in total. The Bertz CT molecular complexity index is 973. The van der Waals surface area contributed by atoms with Gasteiger partial charge in [-0.2, -0.15) is 15.8 Å². The van der Waals surface area contributed by atoms with Crippen molar-refractivity contribution in [3.63, 3.8) is 0 Å². The molecule has 0 aliphatic heterocycles. The summed E-state index contributed by atoms with van der Waals surface area (Å²) in [4.78, 5) is 12.6. The van der Waals surface area contributed by atoms with Crippen molar-refractivity contribution >= 4 is 17.3 Å². The smallest absolute Gasteiger partial charge is 0.257 e. The highest BCUT2D eigenvalue weighted by Crippen LogP contribution is 2.21. The summed E-state index contributed by atoms with van der Waals surface area (Å²) in [5, 5.41) is 32.5. The molecular weight excluding hydrogens is 342 g/mol. The van der Waals surface area contributed by atoms with Gasteiger partial charge in [0, 0.05) is 5.69 Å². The summed E-state index contributed by atoms with van der Waals surface area (Å²) in [7, 11) is 0. The van der Waals surface area contributed by atoms with Crippen LogP contribution in [0.15, 0.2) is 59.8 Å². The fourth-order valence-corrected chi connectivity index (χ4v) is 2.21. The number of nitrogens with one attached hydrogen (secondary N) is 2. The van der Waals surface area contributed by atoms with Gasteiger partial charge in [0.2, 0.25) is 0 Å². The van der Waals surface area contributed by atoms with Crippen molar-refractivity contribution in [1.29, 1.82) is 15.8 Å². The number of amides is 1. The molecule has 0 bridgehead atoms. The fraction of sp³-hybridized carbons (Fsp3) is 0.100. The van der Waals surface area contributed by atoms with E-state index in [2.05, 4.69) is 10.6 Å². The van der Waals surface area contributed by atoms with Crippen molar-refractivity contribution < 1.29 is 9.53 Å². The van der Waals surface area contributed by atoms with Crippen LogP contribution in [-0.4, -0.2) is 12.5 Å². The largest absolute Gasteiger partial charge is 0.494 e. The number of rotatable bonds is 6. The first-order chi connectivity index (χ1) is 13.1. The Labute approximate surface area is 156 Å². The standard InChI is InChI=1S/C20H15N5O2/c1-2-27-16-9-7-15(8-10-16)24-20(26)17-5-3-4-6-18(17)25-19(13-23)14(11-21)12-22/h3-10,25H,2H2,1H3,(H,24,26). The molecule has 0 unspecified atom stereocenters. The van der Waals surface area contributed by atoms with Gasteiger partial charge in [-0.25, -0.2) is 0 Å². The number of hydrogen-bond donors (Lipinski definition) is 2. The first-order valence-corrected chi connectivity index (χ1v) is 7.97. The number of nitrogens with zero attached hydrogens (tertiary/aromatic N) is 3. The maximum absolute atomic E-state index is 12.6. The fourth-order valence-electron chi connectivity index (χ4n) is 2.21. The van der Waals surface area contributed by atoms with Crippen LogP contribution >= 0.6 is 0 Å². The van der Waals surface area contributed by atoms with Gasteiger partial charge in [-0.1, -0.05) is 12.1 Å². The molecule has 2 rings (SSSR count). The molecule has 0 aliphatic rings. The number of nitriles is 3. The number of ether oxygens (including phenoxy) is 1. The van der Waals surface area contributed by atoms with Crippen LogP contribution in [0, 0.1) is 34.0 Å². The van der Waals surface area contributed by atoms with Gasteiger partial charge >= 0.3 is 0 Å². The van der Waals surface area contributed by atoms with E-state index in [-0.39, 0.29) is 16.8 Å². The van der Waals surface area contributed by atoms with Crippen LogP contribution in [0.2, 0.25) is 0 Å². The average molecular weight is 357 g/mol. The minimum atomic E-state index is -0.407. The summed E-state index contributed by atoms with van der Waals surface area (Å²) in [6.07, 6.45) is 0. The number of anilines is 2. The molecule has 0 saturated carbocycles. The lowest BCUT2D eigenvalue weighted by Crippen LogP contribution is -2.15. The van der Waals surface area contributed by atoms with Crippen LogP contribution < -0.4 is 15.4 Å². The van der Waals surface area contributed by atoms with E-state index in [4.69, 9.17) is 20.5 Å². The predicted octanol–water partition coefficient (Wildman–Crippen LogP) is 3.57. The molecule has 0 saturated heterocycles. The van der Waals surface area contributed by atoms with Crippen LogP contribution in [0.3, 0.4) is 0 Å². The molecular formula is C20H15N5O2. The molecule has 0 heterocycles. The highest BCUT2D eigenvalue weighted by Gasteiger charge is 2.14. The van der Waals surface area contributed by atoms with Crippen molar-refractivity contribution in [1.82, 2.24) is 0 Å². The van der Waals surface area contributed by atoms with E-state index < -0.39 is 5.91 Å². The summed E-state index contributed by atoms with van der Waals surface area (Å²) in [5.41, 5.74) is 0.555. The predicted molar refractivity (Wildman–Crippen MR) is 99.5 cm³/mol. The molecule has 0 aromatic heterocycles. The maximum Gasteiger partial charge on any atom is 0.257 e. The van der Waals surface area contributed by atoms with E-state index in [0.717, 1.165) is 0 Å². The first kappa shape index (κ1) is 19.1. The molecule has 0 fully saturated rings. The average Bonchev–Trinajstić information content (AvgIpc) is 2.70. The number of hydrogen-bond acceptors (Lipinski definition) is 6. The van der Waals surface area contributed by atoms with Gasteiger partial charge in [-0.05, 0) is 43.3 Å². The lowest BCUT2D eigenvalue weighted by molar-refractivity contribution is 0.102. The van der Waals surface area contributed by atoms with Gasteiger partial charge in [0.1, 0.15) is 29.7 Å². The SMILES string of the molecule is CCOc1ccc(NC(=O)c2ccccc2NC(C#N)=C(C#N)C#N)cc1.